The number of hydrogen-bond acceptors (Lipinski definition) is 4. The number of aromatic nitrogens is 2. The number of nitrogens with zero attached hydrogens (tertiary/aromatic N) is 1. The lowest BCUT2D eigenvalue weighted by atomic mass is 9.95. The summed E-state index contributed by atoms with van der Waals surface area (Å²) in [7, 11) is -3.52. The van der Waals surface area contributed by atoms with Crippen LogP contribution in [0.1, 0.15) is 39.0 Å². The summed E-state index contributed by atoms with van der Waals surface area (Å²) in [5, 5.41) is 14.7. The number of hydrogen-bond donors (Lipinski definition) is 3. The van der Waals surface area contributed by atoms with E-state index in [1.54, 1.807) is 0 Å². The van der Waals surface area contributed by atoms with Gasteiger partial charge >= 0.3 is 5.97 Å². The van der Waals surface area contributed by atoms with Crippen molar-refractivity contribution >= 4 is 16.0 Å². The quantitative estimate of drug-likeness (QED) is 0.604. The van der Waals surface area contributed by atoms with Crippen LogP contribution >= 0.6 is 0 Å². The number of aliphatic carboxylic acids is 1. The maximum Gasteiger partial charge on any atom is 0.303 e. The van der Waals surface area contributed by atoms with E-state index in [1.807, 2.05) is 6.92 Å². The molecular formula is C12H21N3O4S. The fourth-order valence-corrected chi connectivity index (χ4v) is 2.99. The average molecular weight is 303 g/mol. The largest absolute Gasteiger partial charge is 0.481 e. The number of sulfonamides is 1. The van der Waals surface area contributed by atoms with Gasteiger partial charge in [0.1, 0.15) is 4.90 Å². The van der Waals surface area contributed by atoms with E-state index in [4.69, 9.17) is 5.11 Å². The van der Waals surface area contributed by atoms with Crippen LogP contribution in [0.4, 0.5) is 0 Å². The number of rotatable bonds is 10. The van der Waals surface area contributed by atoms with Crippen molar-refractivity contribution in [1.29, 1.82) is 0 Å². The highest BCUT2D eigenvalue weighted by Crippen LogP contribution is 2.17. The van der Waals surface area contributed by atoms with E-state index in [0.29, 0.717) is 19.4 Å². The van der Waals surface area contributed by atoms with E-state index < -0.39 is 16.0 Å². The van der Waals surface area contributed by atoms with Crippen molar-refractivity contribution in [3.8, 4) is 0 Å². The molecule has 0 aliphatic rings. The Bertz CT molecular complexity index is 499. The molecule has 1 aromatic heterocycles. The first-order chi connectivity index (χ1) is 9.45. The molecule has 1 atom stereocenters. The van der Waals surface area contributed by atoms with E-state index in [-0.39, 0.29) is 17.2 Å². The molecule has 0 spiro atoms. The fourth-order valence-electron chi connectivity index (χ4n) is 2.04. The minimum atomic E-state index is -3.52. The molecule has 0 fully saturated rings. The fraction of sp³-hybridized carbons (Fsp3) is 0.667. The van der Waals surface area contributed by atoms with Gasteiger partial charge in [0.25, 0.3) is 0 Å². The van der Waals surface area contributed by atoms with Crippen LogP contribution < -0.4 is 4.72 Å². The first kappa shape index (κ1) is 16.6. The molecule has 0 bridgehead atoms. The summed E-state index contributed by atoms with van der Waals surface area (Å²) in [5.74, 6) is -0.590. The second kappa shape index (κ2) is 8.01. The summed E-state index contributed by atoms with van der Waals surface area (Å²) in [5.41, 5.74) is 0. The van der Waals surface area contributed by atoms with Crippen LogP contribution in [0.5, 0.6) is 0 Å². The maximum atomic E-state index is 11.8. The van der Waals surface area contributed by atoms with Gasteiger partial charge in [0.15, 0.2) is 0 Å². The third kappa shape index (κ3) is 5.70. The molecule has 1 aromatic rings. The molecule has 20 heavy (non-hydrogen) atoms. The minimum absolute atomic E-state index is 0.107. The van der Waals surface area contributed by atoms with Crippen LogP contribution in [0.3, 0.4) is 0 Å². The normalized spacial score (nSPS) is 13.2. The zero-order valence-corrected chi connectivity index (χ0v) is 12.3. The zero-order valence-electron chi connectivity index (χ0n) is 11.5. The molecule has 0 aliphatic carbocycles. The van der Waals surface area contributed by atoms with E-state index in [0.717, 1.165) is 12.8 Å². The lowest BCUT2D eigenvalue weighted by Gasteiger charge is -2.15. The molecule has 0 saturated heterocycles. The summed E-state index contributed by atoms with van der Waals surface area (Å²) in [4.78, 5) is 10.7. The van der Waals surface area contributed by atoms with Gasteiger partial charge in [0, 0.05) is 19.2 Å². The van der Waals surface area contributed by atoms with Crippen molar-refractivity contribution in [2.45, 2.75) is 43.9 Å². The summed E-state index contributed by atoms with van der Waals surface area (Å²) in [6, 6.07) is 0. The molecule has 0 radical (unpaired) electrons. The molecule has 114 valence electrons. The first-order valence-corrected chi connectivity index (χ1v) is 8.14. The highest BCUT2D eigenvalue weighted by Gasteiger charge is 2.16. The number of aromatic amines is 1. The second-order valence-electron chi connectivity index (χ2n) is 4.71. The van der Waals surface area contributed by atoms with Gasteiger partial charge in [0.2, 0.25) is 10.0 Å². The van der Waals surface area contributed by atoms with Gasteiger partial charge < -0.3 is 5.11 Å². The standard InChI is InChI=1S/C12H21N3O4S/c1-2-3-10(4-5-12(16)17)6-7-15-20(18,19)11-8-13-14-9-11/h8-10,15H,2-7H2,1H3,(H,13,14)(H,16,17). The molecule has 0 amide bonds. The number of H-pyrrole nitrogens is 1. The van der Waals surface area contributed by atoms with Crippen LogP contribution in [0, 0.1) is 5.92 Å². The number of carboxylic acid groups (broad SMARTS) is 1. The Morgan fingerprint density at radius 1 is 1.45 bits per heavy atom. The lowest BCUT2D eigenvalue weighted by Crippen LogP contribution is -2.26. The van der Waals surface area contributed by atoms with E-state index >= 15 is 0 Å². The number of nitrogens with one attached hydrogen (secondary N) is 2. The average Bonchev–Trinajstić information content (AvgIpc) is 2.90. The maximum absolute atomic E-state index is 11.8. The van der Waals surface area contributed by atoms with Crippen molar-refractivity contribution < 1.29 is 18.3 Å². The minimum Gasteiger partial charge on any atom is -0.481 e. The third-order valence-corrected chi connectivity index (χ3v) is 4.52. The molecule has 7 nitrogen and oxygen atoms in total. The molecule has 1 rings (SSSR count). The van der Waals surface area contributed by atoms with Crippen molar-refractivity contribution in [3.05, 3.63) is 12.4 Å². The van der Waals surface area contributed by atoms with Gasteiger partial charge in [0.05, 0.1) is 6.20 Å². The Kier molecular flexibility index (Phi) is 6.66. The molecule has 3 N–H and O–H groups in total. The van der Waals surface area contributed by atoms with Crippen molar-refractivity contribution in [2.24, 2.45) is 5.92 Å². The Balaban J connectivity index is 2.41. The monoisotopic (exact) mass is 303 g/mol. The smallest absolute Gasteiger partial charge is 0.303 e. The van der Waals surface area contributed by atoms with E-state index in [2.05, 4.69) is 14.9 Å². The predicted molar refractivity (Wildman–Crippen MR) is 73.7 cm³/mol. The van der Waals surface area contributed by atoms with Gasteiger partial charge in [-0.15, -0.1) is 0 Å². The van der Waals surface area contributed by atoms with E-state index in [1.165, 1.54) is 12.4 Å². The van der Waals surface area contributed by atoms with Crippen LogP contribution in [-0.4, -0.2) is 36.2 Å². The van der Waals surface area contributed by atoms with Crippen molar-refractivity contribution in [2.75, 3.05) is 6.54 Å². The third-order valence-electron chi connectivity index (χ3n) is 3.09. The summed E-state index contributed by atoms with van der Waals surface area (Å²) in [6.07, 6.45) is 5.76. The summed E-state index contributed by atoms with van der Waals surface area (Å²) < 4.78 is 26.2. The van der Waals surface area contributed by atoms with Gasteiger partial charge in [-0.2, -0.15) is 5.10 Å². The van der Waals surface area contributed by atoms with Gasteiger partial charge in [-0.1, -0.05) is 19.8 Å². The summed E-state index contributed by atoms with van der Waals surface area (Å²) in [6.45, 7) is 2.33. The molecule has 0 aliphatic heterocycles. The molecule has 1 heterocycles. The highest BCUT2D eigenvalue weighted by molar-refractivity contribution is 7.89. The van der Waals surface area contributed by atoms with Crippen LogP contribution in [-0.2, 0) is 14.8 Å². The predicted octanol–water partition coefficient (Wildman–Crippen LogP) is 1.36. The lowest BCUT2D eigenvalue weighted by molar-refractivity contribution is -0.137. The Morgan fingerprint density at radius 3 is 2.75 bits per heavy atom. The SMILES string of the molecule is CCCC(CCNS(=O)(=O)c1cn[nH]c1)CCC(=O)O. The van der Waals surface area contributed by atoms with E-state index in [9.17, 15) is 13.2 Å². The molecule has 8 heteroatoms. The van der Waals surface area contributed by atoms with Crippen molar-refractivity contribution in [1.82, 2.24) is 14.9 Å². The Morgan fingerprint density at radius 2 is 2.20 bits per heavy atom. The zero-order chi connectivity index (χ0) is 15.0. The number of carboxylic acids is 1. The Labute approximate surface area is 118 Å². The topological polar surface area (TPSA) is 112 Å². The van der Waals surface area contributed by atoms with Gasteiger partial charge in [-0.3, -0.25) is 9.89 Å². The highest BCUT2D eigenvalue weighted by atomic mass is 32.2. The summed E-state index contributed by atoms with van der Waals surface area (Å²) >= 11 is 0. The van der Waals surface area contributed by atoms with Crippen LogP contribution in [0.15, 0.2) is 17.3 Å². The van der Waals surface area contributed by atoms with Crippen LogP contribution in [0.25, 0.3) is 0 Å². The molecular weight excluding hydrogens is 282 g/mol. The van der Waals surface area contributed by atoms with Crippen molar-refractivity contribution in [3.63, 3.8) is 0 Å². The van der Waals surface area contributed by atoms with Gasteiger partial charge in [-0.25, -0.2) is 13.1 Å². The number of carbonyl (C=O) groups is 1. The second-order valence-corrected chi connectivity index (χ2v) is 6.47. The van der Waals surface area contributed by atoms with Gasteiger partial charge in [-0.05, 0) is 18.8 Å². The van der Waals surface area contributed by atoms with Crippen LogP contribution in [0.2, 0.25) is 0 Å². The Hall–Kier alpha value is -1.41. The molecule has 0 saturated carbocycles. The molecule has 0 aromatic carbocycles. The first-order valence-electron chi connectivity index (χ1n) is 6.66. The molecule has 1 unspecified atom stereocenters.